The lowest BCUT2D eigenvalue weighted by molar-refractivity contribution is 0.171. The van der Waals surface area contributed by atoms with Gasteiger partial charge in [-0.25, -0.2) is 0 Å². The molecule has 0 saturated carbocycles. The number of rotatable bonds is 5. The van der Waals surface area contributed by atoms with Gasteiger partial charge in [0.1, 0.15) is 11.9 Å². The van der Waals surface area contributed by atoms with Crippen molar-refractivity contribution in [3.05, 3.63) is 64.1 Å². The lowest BCUT2D eigenvalue weighted by Gasteiger charge is -2.25. The molecule has 0 amide bonds. The molecule has 0 bridgehead atoms. The second kappa shape index (κ2) is 6.91. The van der Waals surface area contributed by atoms with Crippen LogP contribution < -0.4 is 10.5 Å². The summed E-state index contributed by atoms with van der Waals surface area (Å²) in [6, 6.07) is 16.2. The first-order valence-corrected chi connectivity index (χ1v) is 7.64. The molecule has 2 N–H and O–H groups in total. The monoisotopic (exact) mass is 333 g/mol. The van der Waals surface area contributed by atoms with Crippen LogP contribution in [0.15, 0.2) is 53.0 Å². The van der Waals surface area contributed by atoms with Crippen LogP contribution in [0.1, 0.15) is 30.6 Å². The van der Waals surface area contributed by atoms with E-state index in [1.54, 1.807) is 0 Å². The SMILES string of the molecule is CCC(N)C(Oc1ccc(C)cc1)c1ccc(Br)cc1. The molecule has 2 rings (SSSR count). The Hall–Kier alpha value is -1.32. The van der Waals surface area contributed by atoms with Crippen molar-refractivity contribution in [1.82, 2.24) is 0 Å². The molecule has 0 spiro atoms. The minimum Gasteiger partial charge on any atom is -0.484 e. The van der Waals surface area contributed by atoms with Crippen LogP contribution in [0.25, 0.3) is 0 Å². The molecule has 106 valence electrons. The maximum Gasteiger partial charge on any atom is 0.139 e. The van der Waals surface area contributed by atoms with E-state index in [2.05, 4.69) is 41.9 Å². The van der Waals surface area contributed by atoms with E-state index in [9.17, 15) is 0 Å². The van der Waals surface area contributed by atoms with Gasteiger partial charge in [0.15, 0.2) is 0 Å². The molecule has 2 unspecified atom stereocenters. The maximum atomic E-state index is 6.23. The Bertz CT molecular complexity index is 536. The zero-order valence-electron chi connectivity index (χ0n) is 11.8. The summed E-state index contributed by atoms with van der Waals surface area (Å²) in [5.74, 6) is 0.854. The summed E-state index contributed by atoms with van der Waals surface area (Å²) in [7, 11) is 0. The third-order valence-corrected chi connectivity index (χ3v) is 3.87. The third-order valence-electron chi connectivity index (χ3n) is 3.34. The van der Waals surface area contributed by atoms with E-state index in [1.165, 1.54) is 5.56 Å². The second-order valence-electron chi connectivity index (χ2n) is 4.98. The van der Waals surface area contributed by atoms with Crippen molar-refractivity contribution >= 4 is 15.9 Å². The molecular formula is C17H20BrNO. The average molecular weight is 334 g/mol. The van der Waals surface area contributed by atoms with E-state index >= 15 is 0 Å². The Balaban J connectivity index is 2.23. The number of ether oxygens (including phenoxy) is 1. The first-order valence-electron chi connectivity index (χ1n) is 6.84. The lowest BCUT2D eigenvalue weighted by Crippen LogP contribution is -2.31. The largest absolute Gasteiger partial charge is 0.484 e. The van der Waals surface area contributed by atoms with Crippen molar-refractivity contribution in [1.29, 1.82) is 0 Å². The number of hydrogen-bond acceptors (Lipinski definition) is 2. The zero-order valence-corrected chi connectivity index (χ0v) is 13.4. The van der Waals surface area contributed by atoms with Crippen molar-refractivity contribution < 1.29 is 4.74 Å². The van der Waals surface area contributed by atoms with E-state index in [0.29, 0.717) is 0 Å². The van der Waals surface area contributed by atoms with Gasteiger partial charge >= 0.3 is 0 Å². The Morgan fingerprint density at radius 3 is 2.20 bits per heavy atom. The predicted molar refractivity (Wildman–Crippen MR) is 87.0 cm³/mol. The Labute approximate surface area is 129 Å². The molecule has 20 heavy (non-hydrogen) atoms. The van der Waals surface area contributed by atoms with Gasteiger partial charge in [0, 0.05) is 10.5 Å². The number of benzene rings is 2. The van der Waals surface area contributed by atoms with Crippen LogP contribution in [0.3, 0.4) is 0 Å². The zero-order chi connectivity index (χ0) is 14.5. The molecule has 0 heterocycles. The molecule has 0 saturated heterocycles. The van der Waals surface area contributed by atoms with E-state index in [-0.39, 0.29) is 12.1 Å². The molecule has 2 aromatic rings. The quantitative estimate of drug-likeness (QED) is 0.866. The van der Waals surface area contributed by atoms with Crippen LogP contribution in [-0.4, -0.2) is 6.04 Å². The summed E-state index contributed by atoms with van der Waals surface area (Å²) in [6.07, 6.45) is 0.739. The first kappa shape index (κ1) is 15.1. The van der Waals surface area contributed by atoms with Gasteiger partial charge in [-0.1, -0.05) is 52.7 Å². The minimum atomic E-state index is -0.129. The molecule has 0 fully saturated rings. The summed E-state index contributed by atoms with van der Waals surface area (Å²) in [4.78, 5) is 0. The molecule has 0 aliphatic rings. The first-order chi connectivity index (χ1) is 9.60. The Morgan fingerprint density at radius 2 is 1.65 bits per heavy atom. The van der Waals surface area contributed by atoms with Crippen LogP contribution >= 0.6 is 15.9 Å². The number of halogens is 1. The average Bonchev–Trinajstić information content (AvgIpc) is 2.47. The Morgan fingerprint density at radius 1 is 1.05 bits per heavy atom. The highest BCUT2D eigenvalue weighted by Crippen LogP contribution is 2.26. The highest BCUT2D eigenvalue weighted by molar-refractivity contribution is 9.10. The van der Waals surface area contributed by atoms with Gasteiger partial charge in [0.25, 0.3) is 0 Å². The van der Waals surface area contributed by atoms with E-state index in [1.807, 2.05) is 36.4 Å². The number of hydrogen-bond donors (Lipinski definition) is 1. The Kier molecular flexibility index (Phi) is 5.21. The van der Waals surface area contributed by atoms with E-state index in [4.69, 9.17) is 10.5 Å². The van der Waals surface area contributed by atoms with Gasteiger partial charge in [-0.3, -0.25) is 0 Å². The summed E-state index contributed by atoms with van der Waals surface area (Å²) in [5.41, 5.74) is 8.55. The minimum absolute atomic E-state index is 0.0301. The lowest BCUT2D eigenvalue weighted by atomic mass is 10.0. The van der Waals surface area contributed by atoms with E-state index < -0.39 is 0 Å². The van der Waals surface area contributed by atoms with Crippen LogP contribution in [0, 0.1) is 6.92 Å². The molecule has 0 aliphatic carbocycles. The van der Waals surface area contributed by atoms with Gasteiger partial charge in [-0.15, -0.1) is 0 Å². The van der Waals surface area contributed by atoms with Crippen molar-refractivity contribution in [2.75, 3.05) is 0 Å². The third kappa shape index (κ3) is 3.84. The fourth-order valence-corrected chi connectivity index (χ4v) is 2.30. The van der Waals surface area contributed by atoms with Gasteiger partial charge in [-0.2, -0.15) is 0 Å². The summed E-state index contributed by atoms with van der Waals surface area (Å²) in [6.45, 7) is 4.14. The predicted octanol–water partition coefficient (Wildman–Crippen LogP) is 4.61. The molecule has 2 nitrogen and oxygen atoms in total. The highest BCUT2D eigenvalue weighted by Gasteiger charge is 2.20. The van der Waals surface area contributed by atoms with E-state index in [0.717, 1.165) is 22.2 Å². The molecule has 2 aromatic carbocycles. The van der Waals surface area contributed by atoms with Gasteiger partial charge in [-0.05, 0) is 43.2 Å². The van der Waals surface area contributed by atoms with Crippen LogP contribution in [0.4, 0.5) is 0 Å². The van der Waals surface area contributed by atoms with Gasteiger partial charge in [0.05, 0.1) is 0 Å². The second-order valence-corrected chi connectivity index (χ2v) is 5.89. The summed E-state index contributed by atoms with van der Waals surface area (Å²) < 4.78 is 7.16. The van der Waals surface area contributed by atoms with Crippen LogP contribution in [0.2, 0.25) is 0 Å². The molecule has 3 heteroatoms. The fourth-order valence-electron chi connectivity index (χ4n) is 2.03. The smallest absolute Gasteiger partial charge is 0.139 e. The molecule has 2 atom stereocenters. The summed E-state index contributed by atoms with van der Waals surface area (Å²) in [5, 5.41) is 0. The van der Waals surface area contributed by atoms with Crippen molar-refractivity contribution in [3.8, 4) is 5.75 Å². The van der Waals surface area contributed by atoms with Crippen LogP contribution in [0.5, 0.6) is 5.75 Å². The number of nitrogens with two attached hydrogens (primary N) is 1. The standard InChI is InChI=1S/C17H20BrNO/c1-3-16(19)17(13-6-8-14(18)9-7-13)20-15-10-4-12(2)5-11-15/h4-11,16-17H,3,19H2,1-2H3. The molecular weight excluding hydrogens is 314 g/mol. The van der Waals surface area contributed by atoms with Gasteiger partial charge in [0.2, 0.25) is 0 Å². The molecule has 0 aliphatic heterocycles. The van der Waals surface area contributed by atoms with Gasteiger partial charge < -0.3 is 10.5 Å². The summed E-state index contributed by atoms with van der Waals surface area (Å²) >= 11 is 3.45. The molecule has 0 aromatic heterocycles. The molecule has 0 radical (unpaired) electrons. The van der Waals surface area contributed by atoms with Crippen molar-refractivity contribution in [3.63, 3.8) is 0 Å². The fraction of sp³-hybridized carbons (Fsp3) is 0.294. The maximum absolute atomic E-state index is 6.23. The van der Waals surface area contributed by atoms with Crippen LogP contribution in [-0.2, 0) is 0 Å². The topological polar surface area (TPSA) is 35.2 Å². The highest BCUT2D eigenvalue weighted by atomic mass is 79.9. The number of aryl methyl sites for hydroxylation is 1. The van der Waals surface area contributed by atoms with Crippen molar-refractivity contribution in [2.45, 2.75) is 32.4 Å². The van der Waals surface area contributed by atoms with Crippen molar-refractivity contribution in [2.24, 2.45) is 5.73 Å². The normalized spacial score (nSPS) is 13.8.